The number of rotatable bonds is 1. The van der Waals surface area contributed by atoms with Crippen molar-refractivity contribution in [3.63, 3.8) is 0 Å². The molecule has 0 aliphatic carbocycles. The number of benzene rings is 2. The van der Waals surface area contributed by atoms with Crippen molar-refractivity contribution in [3.8, 4) is 22.6 Å². The van der Waals surface area contributed by atoms with E-state index in [0.717, 1.165) is 5.56 Å². The minimum atomic E-state index is -0.156. The minimum absolute atomic E-state index is 0.0312. The van der Waals surface area contributed by atoms with Gasteiger partial charge in [0.05, 0.1) is 5.56 Å². The molecule has 0 amide bonds. The van der Waals surface area contributed by atoms with Gasteiger partial charge in [-0.1, -0.05) is 36.4 Å². The summed E-state index contributed by atoms with van der Waals surface area (Å²) in [5, 5.41) is 21.0. The van der Waals surface area contributed by atoms with Crippen LogP contribution in [0.5, 0.6) is 11.5 Å². The molecule has 0 heterocycles. The van der Waals surface area contributed by atoms with Gasteiger partial charge >= 0.3 is 0 Å². The number of hydrogen-bond acceptors (Lipinski definition) is 1. The van der Waals surface area contributed by atoms with Crippen LogP contribution >= 0.6 is 0 Å². The van der Waals surface area contributed by atoms with Crippen molar-refractivity contribution >= 4 is 0 Å². The van der Waals surface area contributed by atoms with E-state index in [4.69, 9.17) is 0 Å². The van der Waals surface area contributed by atoms with Gasteiger partial charge in [-0.15, -0.1) is 0 Å². The van der Waals surface area contributed by atoms with Crippen LogP contribution in [0.1, 0.15) is 0 Å². The molecule has 0 unspecified atom stereocenters. The van der Waals surface area contributed by atoms with E-state index in [0.29, 0.717) is 5.56 Å². The number of hydrogen-bond donors (Lipinski definition) is 1. The number of aromatic hydroxyl groups is 1. The zero-order valence-corrected chi connectivity index (χ0v) is 7.47. The topological polar surface area (TPSA) is 40.1 Å². The van der Waals surface area contributed by atoms with E-state index in [1.807, 2.05) is 18.2 Å². The molecule has 0 aliphatic heterocycles. The summed E-state index contributed by atoms with van der Waals surface area (Å²) >= 11 is 0. The predicted molar refractivity (Wildman–Crippen MR) is 53.7 cm³/mol. The summed E-state index contributed by atoms with van der Waals surface area (Å²) in [6.45, 7) is 0. The summed E-state index contributed by atoms with van der Waals surface area (Å²) in [5.74, 6) is -0.125. The SMILES string of the molecule is [O]c1cccc(O)c1-c1ccccc1. The molecule has 1 N–H and O–H groups in total. The first-order chi connectivity index (χ1) is 6.79. The average Bonchev–Trinajstić information content (AvgIpc) is 2.19. The Morgan fingerprint density at radius 3 is 2.21 bits per heavy atom. The lowest BCUT2D eigenvalue weighted by Crippen LogP contribution is -1.78. The Kier molecular flexibility index (Phi) is 2.11. The van der Waals surface area contributed by atoms with Crippen molar-refractivity contribution in [1.29, 1.82) is 0 Å². The third-order valence-electron chi connectivity index (χ3n) is 2.07. The van der Waals surface area contributed by atoms with Crippen LogP contribution in [0.25, 0.3) is 11.1 Å². The molecule has 0 bridgehead atoms. The molecule has 2 aromatic carbocycles. The van der Waals surface area contributed by atoms with E-state index < -0.39 is 0 Å². The minimum Gasteiger partial charge on any atom is -0.507 e. The molecule has 0 aliphatic rings. The Morgan fingerprint density at radius 2 is 1.57 bits per heavy atom. The number of phenolic OH excluding ortho intramolecular Hbond substituents is 1. The van der Waals surface area contributed by atoms with Crippen molar-refractivity contribution in [2.24, 2.45) is 0 Å². The molecule has 0 saturated carbocycles. The number of phenols is 1. The highest BCUT2D eigenvalue weighted by Crippen LogP contribution is 2.36. The zero-order valence-electron chi connectivity index (χ0n) is 7.47. The third-order valence-corrected chi connectivity index (χ3v) is 2.07. The molecule has 0 spiro atoms. The molecule has 0 saturated heterocycles. The summed E-state index contributed by atoms with van der Waals surface area (Å²) in [7, 11) is 0. The van der Waals surface area contributed by atoms with Gasteiger partial charge in [0.25, 0.3) is 0 Å². The maximum atomic E-state index is 11.5. The summed E-state index contributed by atoms with van der Waals surface area (Å²) in [5.41, 5.74) is 1.11. The molecule has 2 nitrogen and oxygen atoms in total. The van der Waals surface area contributed by atoms with Gasteiger partial charge in [-0.3, -0.25) is 5.11 Å². The van der Waals surface area contributed by atoms with Gasteiger partial charge < -0.3 is 5.11 Å². The first kappa shape index (κ1) is 8.63. The first-order valence-electron chi connectivity index (χ1n) is 4.33. The Labute approximate surface area is 82.1 Å². The van der Waals surface area contributed by atoms with Crippen LogP contribution in [0.2, 0.25) is 0 Å². The third kappa shape index (κ3) is 1.42. The van der Waals surface area contributed by atoms with Crippen LogP contribution in [-0.4, -0.2) is 5.11 Å². The summed E-state index contributed by atoms with van der Waals surface area (Å²) in [4.78, 5) is 0. The van der Waals surface area contributed by atoms with Gasteiger partial charge in [0, 0.05) is 0 Å². The summed E-state index contributed by atoms with van der Waals surface area (Å²) < 4.78 is 0. The second kappa shape index (κ2) is 3.42. The quantitative estimate of drug-likeness (QED) is 0.728. The molecule has 0 atom stereocenters. The lowest BCUT2D eigenvalue weighted by Gasteiger charge is -2.04. The fourth-order valence-electron chi connectivity index (χ4n) is 1.41. The average molecular weight is 185 g/mol. The smallest absolute Gasteiger partial charge is 0.190 e. The Bertz CT molecular complexity index is 415. The van der Waals surface area contributed by atoms with Crippen LogP contribution in [0.3, 0.4) is 0 Å². The Hall–Kier alpha value is -1.96. The van der Waals surface area contributed by atoms with Gasteiger partial charge in [0.2, 0.25) is 0 Å². The normalized spacial score (nSPS) is 10.0. The largest absolute Gasteiger partial charge is 0.507 e. The molecule has 1 radical (unpaired) electrons. The lowest BCUT2D eigenvalue weighted by molar-refractivity contribution is 0.353. The molecular weight excluding hydrogens is 176 g/mol. The maximum absolute atomic E-state index is 11.5. The van der Waals surface area contributed by atoms with Crippen LogP contribution in [0.15, 0.2) is 48.5 Å². The van der Waals surface area contributed by atoms with E-state index in [2.05, 4.69) is 0 Å². The highest BCUT2D eigenvalue weighted by molar-refractivity contribution is 5.75. The second-order valence-electron chi connectivity index (χ2n) is 3.02. The molecule has 0 aromatic heterocycles. The van der Waals surface area contributed by atoms with Gasteiger partial charge in [0.15, 0.2) is 5.75 Å². The highest BCUT2D eigenvalue weighted by atomic mass is 16.3. The van der Waals surface area contributed by atoms with Crippen LogP contribution in [0.4, 0.5) is 0 Å². The van der Waals surface area contributed by atoms with Crippen molar-refractivity contribution in [3.05, 3.63) is 48.5 Å². The van der Waals surface area contributed by atoms with E-state index in [9.17, 15) is 10.2 Å². The lowest BCUT2D eigenvalue weighted by atomic mass is 10.0. The van der Waals surface area contributed by atoms with E-state index in [-0.39, 0.29) is 11.5 Å². The van der Waals surface area contributed by atoms with Gasteiger partial charge in [-0.05, 0) is 17.7 Å². The molecule has 0 fully saturated rings. The van der Waals surface area contributed by atoms with Crippen LogP contribution < -0.4 is 0 Å². The van der Waals surface area contributed by atoms with Crippen molar-refractivity contribution in [1.82, 2.24) is 0 Å². The molecule has 69 valence electrons. The highest BCUT2D eigenvalue weighted by Gasteiger charge is 2.09. The standard InChI is InChI=1S/C12H9O2/c13-10-7-4-8-11(14)12(10)9-5-2-1-3-6-9/h1-8,13H. The monoisotopic (exact) mass is 185 g/mol. The predicted octanol–water partition coefficient (Wildman–Crippen LogP) is 3.20. The molecular formula is C12H9O2. The molecule has 2 rings (SSSR count). The zero-order chi connectivity index (χ0) is 9.97. The fraction of sp³-hybridized carbons (Fsp3) is 0. The summed E-state index contributed by atoms with van der Waals surface area (Å²) in [6.07, 6.45) is 0. The molecule has 14 heavy (non-hydrogen) atoms. The van der Waals surface area contributed by atoms with Gasteiger partial charge in [0.1, 0.15) is 5.75 Å². The van der Waals surface area contributed by atoms with E-state index >= 15 is 0 Å². The van der Waals surface area contributed by atoms with Crippen molar-refractivity contribution < 1.29 is 10.2 Å². The van der Waals surface area contributed by atoms with Gasteiger partial charge in [-0.2, -0.15) is 0 Å². The second-order valence-corrected chi connectivity index (χ2v) is 3.02. The molecule has 2 heteroatoms. The van der Waals surface area contributed by atoms with Crippen LogP contribution in [0, 0.1) is 0 Å². The summed E-state index contributed by atoms with van der Waals surface area (Å²) in [6, 6.07) is 13.7. The fourth-order valence-corrected chi connectivity index (χ4v) is 1.41. The van der Waals surface area contributed by atoms with Crippen LogP contribution in [-0.2, 0) is 5.11 Å². The molecule has 2 aromatic rings. The van der Waals surface area contributed by atoms with E-state index in [1.54, 1.807) is 18.2 Å². The van der Waals surface area contributed by atoms with Gasteiger partial charge in [-0.25, -0.2) is 0 Å². The van der Waals surface area contributed by atoms with Crippen molar-refractivity contribution in [2.45, 2.75) is 0 Å². The Morgan fingerprint density at radius 1 is 0.857 bits per heavy atom. The van der Waals surface area contributed by atoms with E-state index in [1.165, 1.54) is 12.1 Å². The Balaban J connectivity index is 2.63. The van der Waals surface area contributed by atoms with Crippen molar-refractivity contribution in [2.75, 3.05) is 0 Å². The maximum Gasteiger partial charge on any atom is 0.190 e. The first-order valence-corrected chi connectivity index (χ1v) is 4.33.